The number of hydrogen-bond donors (Lipinski definition) is 1. The molecule has 0 saturated heterocycles. The highest BCUT2D eigenvalue weighted by Gasteiger charge is 2.18. The molecule has 0 fully saturated rings. The van der Waals surface area contributed by atoms with Gasteiger partial charge in [0, 0.05) is 21.9 Å². The number of nitrogens with zero attached hydrogens (tertiary/aromatic N) is 1. The van der Waals surface area contributed by atoms with Gasteiger partial charge < -0.3 is 5.32 Å². The fourth-order valence-electron chi connectivity index (χ4n) is 2.19. The molecule has 0 aliphatic rings. The van der Waals surface area contributed by atoms with Gasteiger partial charge in [-0.05, 0) is 54.8 Å². The second-order valence-electron chi connectivity index (χ2n) is 4.79. The summed E-state index contributed by atoms with van der Waals surface area (Å²) >= 11 is 9.66. The average Bonchev–Trinajstić information content (AvgIpc) is 2.42. The molecule has 0 spiro atoms. The van der Waals surface area contributed by atoms with Gasteiger partial charge in [-0.1, -0.05) is 40.5 Å². The Morgan fingerprint density at radius 3 is 2.75 bits per heavy atom. The van der Waals surface area contributed by atoms with Crippen molar-refractivity contribution in [3.63, 3.8) is 0 Å². The Hall–Kier alpha value is -0.900. The van der Waals surface area contributed by atoms with Gasteiger partial charge in [0.25, 0.3) is 0 Å². The fraction of sp³-hybridized carbons (Fsp3) is 0.312. The standard InChI is InChI=1S/C16H18BrClN2/c1-3-7-20-16(14-10-19-8-6-11(14)2)13-5-4-12(18)9-15(13)17/h4-6,8-10,16,20H,3,7H2,1-2H3. The van der Waals surface area contributed by atoms with Gasteiger partial charge in [0.2, 0.25) is 0 Å². The lowest BCUT2D eigenvalue weighted by molar-refractivity contribution is 0.593. The van der Waals surface area contributed by atoms with Crippen LogP contribution in [0, 0.1) is 6.92 Å². The minimum absolute atomic E-state index is 0.121. The maximum absolute atomic E-state index is 6.04. The van der Waals surface area contributed by atoms with E-state index < -0.39 is 0 Å². The Morgan fingerprint density at radius 1 is 1.30 bits per heavy atom. The molecule has 1 heterocycles. The molecule has 2 aromatic rings. The summed E-state index contributed by atoms with van der Waals surface area (Å²) in [6, 6.07) is 8.08. The first-order valence-electron chi connectivity index (χ1n) is 6.72. The molecule has 0 saturated carbocycles. The highest BCUT2D eigenvalue weighted by Crippen LogP contribution is 2.31. The molecule has 1 atom stereocenters. The van der Waals surface area contributed by atoms with Crippen LogP contribution in [0.2, 0.25) is 5.02 Å². The molecular formula is C16H18BrClN2. The van der Waals surface area contributed by atoms with Crippen LogP contribution >= 0.6 is 27.5 Å². The third-order valence-electron chi connectivity index (χ3n) is 3.26. The Bertz CT molecular complexity index is 586. The van der Waals surface area contributed by atoms with Crippen molar-refractivity contribution in [2.45, 2.75) is 26.3 Å². The van der Waals surface area contributed by atoms with E-state index in [0.29, 0.717) is 0 Å². The monoisotopic (exact) mass is 352 g/mol. The van der Waals surface area contributed by atoms with Gasteiger partial charge in [0.05, 0.1) is 6.04 Å². The number of halogens is 2. The number of aryl methyl sites for hydroxylation is 1. The van der Waals surface area contributed by atoms with Gasteiger partial charge >= 0.3 is 0 Å². The Balaban J connectivity index is 2.44. The highest BCUT2D eigenvalue weighted by atomic mass is 79.9. The van der Waals surface area contributed by atoms with Crippen molar-refractivity contribution >= 4 is 27.5 Å². The number of hydrogen-bond acceptors (Lipinski definition) is 2. The molecule has 1 aromatic heterocycles. The lowest BCUT2D eigenvalue weighted by Gasteiger charge is -2.22. The predicted octanol–water partition coefficient (Wildman–Crippen LogP) is 4.89. The van der Waals surface area contributed by atoms with Crippen LogP contribution in [0.3, 0.4) is 0 Å². The third kappa shape index (κ3) is 3.60. The molecule has 2 nitrogen and oxygen atoms in total. The van der Waals surface area contributed by atoms with E-state index in [1.807, 2.05) is 30.6 Å². The second-order valence-corrected chi connectivity index (χ2v) is 6.08. The van der Waals surface area contributed by atoms with E-state index in [0.717, 1.165) is 22.5 Å². The SMILES string of the molecule is CCCNC(c1cnccc1C)c1ccc(Cl)cc1Br. The number of pyridine rings is 1. The molecule has 1 aromatic carbocycles. The maximum Gasteiger partial charge on any atom is 0.0605 e. The van der Waals surface area contributed by atoms with Gasteiger partial charge in [-0.2, -0.15) is 0 Å². The molecule has 0 radical (unpaired) electrons. The topological polar surface area (TPSA) is 24.9 Å². The van der Waals surface area contributed by atoms with Crippen molar-refractivity contribution in [3.8, 4) is 0 Å². The number of nitrogens with one attached hydrogen (secondary N) is 1. The van der Waals surface area contributed by atoms with Crippen molar-refractivity contribution in [1.82, 2.24) is 10.3 Å². The minimum atomic E-state index is 0.121. The van der Waals surface area contributed by atoms with Gasteiger partial charge in [-0.25, -0.2) is 0 Å². The minimum Gasteiger partial charge on any atom is -0.306 e. The lowest BCUT2D eigenvalue weighted by atomic mass is 9.96. The molecule has 20 heavy (non-hydrogen) atoms. The summed E-state index contributed by atoms with van der Waals surface area (Å²) in [5, 5.41) is 4.32. The van der Waals surface area contributed by atoms with E-state index in [1.165, 1.54) is 16.7 Å². The molecule has 1 unspecified atom stereocenters. The van der Waals surface area contributed by atoms with E-state index in [9.17, 15) is 0 Å². The van der Waals surface area contributed by atoms with E-state index in [-0.39, 0.29) is 6.04 Å². The van der Waals surface area contributed by atoms with E-state index >= 15 is 0 Å². The smallest absolute Gasteiger partial charge is 0.0605 e. The fourth-order valence-corrected chi connectivity index (χ4v) is 3.10. The highest BCUT2D eigenvalue weighted by molar-refractivity contribution is 9.10. The molecule has 106 valence electrons. The Labute approximate surface area is 133 Å². The molecule has 4 heteroatoms. The van der Waals surface area contributed by atoms with Crippen LogP contribution < -0.4 is 5.32 Å². The number of rotatable bonds is 5. The zero-order chi connectivity index (χ0) is 14.5. The van der Waals surface area contributed by atoms with E-state index in [4.69, 9.17) is 11.6 Å². The largest absolute Gasteiger partial charge is 0.306 e. The second kappa shape index (κ2) is 7.21. The van der Waals surface area contributed by atoms with Crippen LogP contribution in [-0.2, 0) is 0 Å². The Kier molecular flexibility index (Phi) is 5.58. The van der Waals surface area contributed by atoms with Crippen LogP contribution in [0.5, 0.6) is 0 Å². The summed E-state index contributed by atoms with van der Waals surface area (Å²) in [6.45, 7) is 5.23. The van der Waals surface area contributed by atoms with E-state index in [1.54, 1.807) is 0 Å². The molecule has 0 amide bonds. The molecular weight excluding hydrogens is 336 g/mol. The first kappa shape index (κ1) is 15.5. The van der Waals surface area contributed by atoms with Crippen LogP contribution in [0.4, 0.5) is 0 Å². The van der Waals surface area contributed by atoms with Gasteiger partial charge in [0.1, 0.15) is 0 Å². The summed E-state index contributed by atoms with van der Waals surface area (Å²) in [6.07, 6.45) is 4.84. The quantitative estimate of drug-likeness (QED) is 0.827. The Morgan fingerprint density at radius 2 is 2.10 bits per heavy atom. The first-order chi connectivity index (χ1) is 9.63. The van der Waals surface area contributed by atoms with Crippen LogP contribution in [0.15, 0.2) is 41.1 Å². The predicted molar refractivity (Wildman–Crippen MR) is 88.3 cm³/mol. The number of aromatic nitrogens is 1. The summed E-state index contributed by atoms with van der Waals surface area (Å²) in [5.74, 6) is 0. The molecule has 1 N–H and O–H groups in total. The van der Waals surface area contributed by atoms with Crippen LogP contribution in [0.25, 0.3) is 0 Å². The molecule has 0 aliphatic heterocycles. The average molecular weight is 354 g/mol. The van der Waals surface area contributed by atoms with Gasteiger partial charge in [0.15, 0.2) is 0 Å². The van der Waals surface area contributed by atoms with Crippen LogP contribution in [0.1, 0.15) is 36.1 Å². The molecule has 0 aliphatic carbocycles. The summed E-state index contributed by atoms with van der Waals surface area (Å²) in [7, 11) is 0. The lowest BCUT2D eigenvalue weighted by Crippen LogP contribution is -2.24. The van der Waals surface area contributed by atoms with Crippen molar-refractivity contribution < 1.29 is 0 Å². The van der Waals surface area contributed by atoms with Crippen molar-refractivity contribution in [1.29, 1.82) is 0 Å². The zero-order valence-corrected chi connectivity index (χ0v) is 14.0. The molecule has 2 rings (SSSR count). The van der Waals surface area contributed by atoms with Gasteiger partial charge in [-0.3, -0.25) is 4.98 Å². The molecule has 0 bridgehead atoms. The van der Waals surface area contributed by atoms with Crippen LogP contribution in [-0.4, -0.2) is 11.5 Å². The summed E-state index contributed by atoms with van der Waals surface area (Å²) < 4.78 is 1.02. The van der Waals surface area contributed by atoms with Gasteiger partial charge in [-0.15, -0.1) is 0 Å². The van der Waals surface area contributed by atoms with Crippen molar-refractivity contribution in [2.75, 3.05) is 6.54 Å². The summed E-state index contributed by atoms with van der Waals surface area (Å²) in [4.78, 5) is 4.27. The zero-order valence-electron chi connectivity index (χ0n) is 11.7. The normalized spacial score (nSPS) is 12.4. The maximum atomic E-state index is 6.04. The first-order valence-corrected chi connectivity index (χ1v) is 7.89. The van der Waals surface area contributed by atoms with E-state index in [2.05, 4.69) is 46.1 Å². The number of benzene rings is 1. The van der Waals surface area contributed by atoms with Crippen molar-refractivity contribution in [2.24, 2.45) is 0 Å². The summed E-state index contributed by atoms with van der Waals surface area (Å²) in [5.41, 5.74) is 3.61. The third-order valence-corrected chi connectivity index (χ3v) is 4.18. The van der Waals surface area contributed by atoms with Crippen molar-refractivity contribution in [3.05, 3.63) is 62.8 Å².